The van der Waals surface area contributed by atoms with Gasteiger partial charge in [0.15, 0.2) is 0 Å². The van der Waals surface area contributed by atoms with E-state index in [1.54, 1.807) is 0 Å². The zero-order valence-electron chi connectivity index (χ0n) is 10.3. The van der Waals surface area contributed by atoms with E-state index in [2.05, 4.69) is 10.6 Å². The SMILES string of the molecule is Cl.O=C(NCC1CCCN1)c1ccc([N+](=O)[O-])cc1. The van der Waals surface area contributed by atoms with Crippen LogP contribution in [-0.4, -0.2) is 30.0 Å². The number of nitro benzene ring substituents is 1. The topological polar surface area (TPSA) is 84.3 Å². The van der Waals surface area contributed by atoms with Gasteiger partial charge in [-0.15, -0.1) is 12.4 Å². The normalized spacial score (nSPS) is 17.6. The first-order valence-corrected chi connectivity index (χ1v) is 5.93. The van der Waals surface area contributed by atoms with Crippen LogP contribution in [0.2, 0.25) is 0 Å². The molecule has 1 saturated heterocycles. The molecule has 0 aromatic heterocycles. The van der Waals surface area contributed by atoms with E-state index in [-0.39, 0.29) is 24.0 Å². The summed E-state index contributed by atoms with van der Waals surface area (Å²) in [6.07, 6.45) is 2.21. The van der Waals surface area contributed by atoms with E-state index in [1.807, 2.05) is 0 Å². The standard InChI is InChI=1S/C12H15N3O3.ClH/c16-12(14-8-10-2-1-7-13-10)9-3-5-11(6-4-9)15(17)18;/h3-6,10,13H,1-2,7-8H2,(H,14,16);1H. The van der Waals surface area contributed by atoms with Gasteiger partial charge in [-0.1, -0.05) is 0 Å². The number of nitro groups is 1. The van der Waals surface area contributed by atoms with E-state index < -0.39 is 4.92 Å². The van der Waals surface area contributed by atoms with Gasteiger partial charge in [0.25, 0.3) is 11.6 Å². The average molecular weight is 286 g/mol. The molecular weight excluding hydrogens is 270 g/mol. The maximum Gasteiger partial charge on any atom is 0.269 e. The maximum absolute atomic E-state index is 11.8. The monoisotopic (exact) mass is 285 g/mol. The Labute approximate surface area is 117 Å². The molecule has 1 atom stereocenters. The lowest BCUT2D eigenvalue weighted by Gasteiger charge is -2.11. The molecule has 1 aromatic carbocycles. The van der Waals surface area contributed by atoms with E-state index in [9.17, 15) is 14.9 Å². The van der Waals surface area contributed by atoms with Crippen LogP contribution in [0.15, 0.2) is 24.3 Å². The van der Waals surface area contributed by atoms with Crippen LogP contribution in [-0.2, 0) is 0 Å². The summed E-state index contributed by atoms with van der Waals surface area (Å²) < 4.78 is 0. The number of nitrogens with one attached hydrogen (secondary N) is 2. The Morgan fingerprint density at radius 2 is 2.11 bits per heavy atom. The molecule has 7 heteroatoms. The predicted octanol–water partition coefficient (Wildman–Crippen LogP) is 1.50. The van der Waals surface area contributed by atoms with Crippen molar-refractivity contribution in [1.82, 2.24) is 10.6 Å². The number of non-ortho nitro benzene ring substituents is 1. The quantitative estimate of drug-likeness (QED) is 0.648. The highest BCUT2D eigenvalue weighted by Crippen LogP contribution is 2.12. The van der Waals surface area contributed by atoms with Crippen LogP contribution in [0.3, 0.4) is 0 Å². The predicted molar refractivity (Wildman–Crippen MR) is 73.7 cm³/mol. The molecule has 0 spiro atoms. The second-order valence-electron chi connectivity index (χ2n) is 4.31. The summed E-state index contributed by atoms with van der Waals surface area (Å²) in [4.78, 5) is 21.8. The Kier molecular flexibility index (Phi) is 5.72. The van der Waals surface area contributed by atoms with Crippen LogP contribution >= 0.6 is 12.4 Å². The molecule has 1 unspecified atom stereocenters. The average Bonchev–Trinajstić information content (AvgIpc) is 2.89. The molecule has 19 heavy (non-hydrogen) atoms. The van der Waals surface area contributed by atoms with Gasteiger partial charge in [-0.3, -0.25) is 14.9 Å². The Morgan fingerprint density at radius 1 is 1.42 bits per heavy atom. The molecule has 2 N–H and O–H groups in total. The van der Waals surface area contributed by atoms with Crippen LogP contribution in [0.25, 0.3) is 0 Å². The zero-order chi connectivity index (χ0) is 13.0. The van der Waals surface area contributed by atoms with Crippen molar-refractivity contribution in [3.63, 3.8) is 0 Å². The summed E-state index contributed by atoms with van der Waals surface area (Å²) in [7, 11) is 0. The molecular formula is C12H16ClN3O3. The number of nitrogens with zero attached hydrogens (tertiary/aromatic N) is 1. The second-order valence-corrected chi connectivity index (χ2v) is 4.31. The van der Waals surface area contributed by atoms with Gasteiger partial charge in [0.1, 0.15) is 0 Å². The third-order valence-corrected chi connectivity index (χ3v) is 3.01. The lowest BCUT2D eigenvalue weighted by atomic mass is 10.2. The number of amides is 1. The van der Waals surface area contributed by atoms with E-state index in [0.717, 1.165) is 19.4 Å². The van der Waals surface area contributed by atoms with E-state index in [1.165, 1.54) is 24.3 Å². The summed E-state index contributed by atoms with van der Waals surface area (Å²) in [5.41, 5.74) is 0.433. The Hall–Kier alpha value is -1.66. The molecule has 1 aliphatic heterocycles. The summed E-state index contributed by atoms with van der Waals surface area (Å²) in [5.74, 6) is -0.196. The fourth-order valence-corrected chi connectivity index (χ4v) is 1.98. The van der Waals surface area contributed by atoms with Crippen molar-refractivity contribution in [3.8, 4) is 0 Å². The van der Waals surface area contributed by atoms with Crippen molar-refractivity contribution >= 4 is 24.0 Å². The molecule has 1 heterocycles. The van der Waals surface area contributed by atoms with Gasteiger partial charge in [-0.25, -0.2) is 0 Å². The van der Waals surface area contributed by atoms with E-state index in [4.69, 9.17) is 0 Å². The third-order valence-electron chi connectivity index (χ3n) is 3.01. The molecule has 0 saturated carbocycles. The van der Waals surface area contributed by atoms with Gasteiger partial charge in [0.2, 0.25) is 0 Å². The fourth-order valence-electron chi connectivity index (χ4n) is 1.98. The van der Waals surface area contributed by atoms with Gasteiger partial charge in [0, 0.05) is 30.3 Å². The largest absolute Gasteiger partial charge is 0.350 e. The second kappa shape index (κ2) is 7.06. The number of carbonyl (C=O) groups is 1. The molecule has 2 rings (SSSR count). The molecule has 0 aliphatic carbocycles. The molecule has 1 aromatic rings. The molecule has 0 bridgehead atoms. The van der Waals surface area contributed by atoms with Crippen LogP contribution in [0, 0.1) is 10.1 Å². The molecule has 104 valence electrons. The van der Waals surface area contributed by atoms with Crippen molar-refractivity contribution in [2.75, 3.05) is 13.1 Å². The Bertz CT molecular complexity index is 444. The highest BCUT2D eigenvalue weighted by molar-refractivity contribution is 5.94. The lowest BCUT2D eigenvalue weighted by molar-refractivity contribution is -0.384. The third kappa shape index (κ3) is 4.18. The first-order valence-electron chi connectivity index (χ1n) is 5.93. The van der Waals surface area contributed by atoms with Crippen molar-refractivity contribution in [2.45, 2.75) is 18.9 Å². The van der Waals surface area contributed by atoms with Gasteiger partial charge in [0.05, 0.1) is 4.92 Å². The highest BCUT2D eigenvalue weighted by Gasteiger charge is 2.15. The first kappa shape index (κ1) is 15.4. The summed E-state index contributed by atoms with van der Waals surface area (Å²) in [6.45, 7) is 1.59. The van der Waals surface area contributed by atoms with E-state index in [0.29, 0.717) is 18.2 Å². The molecule has 1 aliphatic rings. The van der Waals surface area contributed by atoms with Crippen LogP contribution in [0.1, 0.15) is 23.2 Å². The number of hydrogen-bond acceptors (Lipinski definition) is 4. The van der Waals surface area contributed by atoms with Gasteiger partial charge < -0.3 is 10.6 Å². The smallest absolute Gasteiger partial charge is 0.269 e. The fraction of sp³-hybridized carbons (Fsp3) is 0.417. The zero-order valence-corrected chi connectivity index (χ0v) is 11.1. The molecule has 6 nitrogen and oxygen atoms in total. The molecule has 1 amide bonds. The van der Waals surface area contributed by atoms with Crippen molar-refractivity contribution in [1.29, 1.82) is 0 Å². The van der Waals surface area contributed by atoms with E-state index >= 15 is 0 Å². The first-order chi connectivity index (χ1) is 8.66. The number of benzene rings is 1. The van der Waals surface area contributed by atoms with Crippen LogP contribution < -0.4 is 10.6 Å². The van der Waals surface area contributed by atoms with Crippen molar-refractivity contribution in [2.24, 2.45) is 0 Å². The molecule has 1 fully saturated rings. The number of rotatable bonds is 4. The van der Waals surface area contributed by atoms with Crippen molar-refractivity contribution in [3.05, 3.63) is 39.9 Å². The van der Waals surface area contributed by atoms with Crippen molar-refractivity contribution < 1.29 is 9.72 Å². The van der Waals surface area contributed by atoms with Gasteiger partial charge in [-0.2, -0.15) is 0 Å². The summed E-state index contributed by atoms with van der Waals surface area (Å²) in [6, 6.07) is 5.95. The Balaban J connectivity index is 0.00000180. The molecule has 0 radical (unpaired) electrons. The summed E-state index contributed by atoms with van der Waals surface area (Å²) in [5, 5.41) is 16.6. The number of hydrogen-bond donors (Lipinski definition) is 2. The summed E-state index contributed by atoms with van der Waals surface area (Å²) >= 11 is 0. The number of carbonyl (C=O) groups excluding carboxylic acids is 1. The number of halogens is 1. The highest BCUT2D eigenvalue weighted by atomic mass is 35.5. The van der Waals surface area contributed by atoms with Gasteiger partial charge >= 0.3 is 0 Å². The van der Waals surface area contributed by atoms with Gasteiger partial charge in [-0.05, 0) is 31.5 Å². The Morgan fingerprint density at radius 3 is 2.63 bits per heavy atom. The van der Waals surface area contributed by atoms with Crippen LogP contribution in [0.4, 0.5) is 5.69 Å². The van der Waals surface area contributed by atoms with Crippen LogP contribution in [0.5, 0.6) is 0 Å². The minimum Gasteiger partial charge on any atom is -0.350 e. The maximum atomic E-state index is 11.8. The minimum atomic E-state index is -0.482. The lowest BCUT2D eigenvalue weighted by Crippen LogP contribution is -2.37. The minimum absolute atomic E-state index is 0.